The molecule has 0 heterocycles. The van der Waals surface area contributed by atoms with Crippen LogP contribution < -0.4 is 0 Å². The third-order valence-electron chi connectivity index (χ3n) is 4.35. The average Bonchev–Trinajstić information content (AvgIpc) is 2.43. The lowest BCUT2D eigenvalue weighted by Crippen LogP contribution is -2.19. The highest BCUT2D eigenvalue weighted by Gasteiger charge is 2.26. The Morgan fingerprint density at radius 2 is 1.91 bits per heavy atom. The molecule has 0 aromatic rings. The normalized spacial score (nSPS) is 20.5. The number of rotatable bonds is 6. The second-order valence-electron chi connectivity index (χ2n) is 6.94. The molecule has 1 heteroatoms. The molecule has 0 radical (unpaired) electrons. The van der Waals surface area contributed by atoms with Crippen molar-refractivity contribution in [3.05, 3.63) is 58.7 Å². The molecule has 0 aromatic heterocycles. The summed E-state index contributed by atoms with van der Waals surface area (Å²) in [5, 5.41) is 0. The third-order valence-corrected chi connectivity index (χ3v) is 4.35. The van der Waals surface area contributed by atoms with Crippen LogP contribution in [0.5, 0.6) is 0 Å². The molecule has 0 saturated carbocycles. The van der Waals surface area contributed by atoms with Crippen molar-refractivity contribution in [1.82, 2.24) is 0 Å². The third kappa shape index (κ3) is 6.19. The van der Waals surface area contributed by atoms with Gasteiger partial charge in [-0.2, -0.15) is 0 Å². The summed E-state index contributed by atoms with van der Waals surface area (Å²) in [6.07, 6.45) is 16.9. The summed E-state index contributed by atoms with van der Waals surface area (Å²) in [7, 11) is 1.71. The largest absolute Gasteiger partial charge is 0.381 e. The first kappa shape index (κ1) is 18.7. The summed E-state index contributed by atoms with van der Waals surface area (Å²) in [5.41, 5.74) is 5.88. The van der Waals surface area contributed by atoms with Crippen molar-refractivity contribution in [2.45, 2.75) is 53.9 Å². The maximum Gasteiger partial charge on any atom is 0.0649 e. The molecule has 0 saturated heterocycles. The topological polar surface area (TPSA) is 9.23 Å². The maximum atomic E-state index is 5.03. The Kier molecular flexibility index (Phi) is 7.61. The van der Waals surface area contributed by atoms with E-state index in [0.717, 1.165) is 0 Å². The van der Waals surface area contributed by atoms with Crippen molar-refractivity contribution >= 4 is 0 Å². The van der Waals surface area contributed by atoms with Gasteiger partial charge in [-0.1, -0.05) is 67.0 Å². The Morgan fingerprint density at radius 3 is 2.55 bits per heavy atom. The molecule has 1 nitrogen and oxygen atoms in total. The summed E-state index contributed by atoms with van der Waals surface area (Å²) in [6, 6.07) is 0. The van der Waals surface area contributed by atoms with Crippen LogP contribution in [0.2, 0.25) is 0 Å². The molecule has 1 rings (SSSR count). The van der Waals surface area contributed by atoms with Gasteiger partial charge in [-0.15, -0.1) is 0 Å². The molecule has 0 fully saturated rings. The minimum absolute atomic E-state index is 0.314. The summed E-state index contributed by atoms with van der Waals surface area (Å²) < 4.78 is 5.03. The first-order valence-corrected chi connectivity index (χ1v) is 8.26. The molecule has 0 N–H and O–H groups in total. The van der Waals surface area contributed by atoms with Gasteiger partial charge in [-0.25, -0.2) is 0 Å². The zero-order valence-electron chi connectivity index (χ0n) is 15.2. The van der Waals surface area contributed by atoms with Crippen molar-refractivity contribution < 1.29 is 4.74 Å². The summed E-state index contributed by atoms with van der Waals surface area (Å²) >= 11 is 0. The smallest absolute Gasteiger partial charge is 0.0649 e. The molecule has 0 bridgehead atoms. The van der Waals surface area contributed by atoms with Gasteiger partial charge in [0.1, 0.15) is 0 Å². The van der Waals surface area contributed by atoms with Crippen molar-refractivity contribution in [2.75, 3.05) is 13.7 Å². The lowest BCUT2D eigenvalue weighted by atomic mass is 9.72. The van der Waals surface area contributed by atoms with Crippen LogP contribution in [0.1, 0.15) is 53.9 Å². The van der Waals surface area contributed by atoms with Crippen LogP contribution in [0, 0.1) is 5.41 Å². The van der Waals surface area contributed by atoms with Crippen LogP contribution in [0.3, 0.4) is 0 Å². The molecule has 1 aliphatic rings. The molecule has 0 aromatic carbocycles. The van der Waals surface area contributed by atoms with E-state index in [1.165, 1.54) is 36.0 Å². The average molecular weight is 300 g/mol. The van der Waals surface area contributed by atoms with Crippen LogP contribution in [-0.2, 0) is 4.74 Å². The van der Waals surface area contributed by atoms with Gasteiger partial charge in [-0.3, -0.25) is 0 Å². The molecule has 0 spiro atoms. The van der Waals surface area contributed by atoms with Gasteiger partial charge in [-0.05, 0) is 51.0 Å². The van der Waals surface area contributed by atoms with Crippen molar-refractivity contribution in [2.24, 2.45) is 5.41 Å². The van der Waals surface area contributed by atoms with Crippen molar-refractivity contribution in [3.63, 3.8) is 0 Å². The van der Waals surface area contributed by atoms with Gasteiger partial charge < -0.3 is 4.74 Å². The first-order chi connectivity index (χ1) is 10.4. The zero-order chi connectivity index (χ0) is 16.6. The fourth-order valence-electron chi connectivity index (χ4n) is 2.92. The van der Waals surface area contributed by atoms with E-state index < -0.39 is 0 Å². The van der Waals surface area contributed by atoms with E-state index in [1.807, 2.05) is 0 Å². The monoisotopic (exact) mass is 300 g/mol. The van der Waals surface area contributed by atoms with E-state index in [-0.39, 0.29) is 0 Å². The van der Waals surface area contributed by atoms with Gasteiger partial charge >= 0.3 is 0 Å². The maximum absolute atomic E-state index is 5.03. The van der Waals surface area contributed by atoms with Crippen LogP contribution in [0.15, 0.2) is 58.7 Å². The molecule has 1 aliphatic carbocycles. The summed E-state index contributed by atoms with van der Waals surface area (Å²) in [6.45, 7) is 11.9. The number of methoxy groups -OCH3 is 1. The van der Waals surface area contributed by atoms with Gasteiger partial charge in [0.05, 0.1) is 6.61 Å². The van der Waals surface area contributed by atoms with Crippen molar-refractivity contribution in [1.29, 1.82) is 0 Å². The van der Waals surface area contributed by atoms with Gasteiger partial charge in [0, 0.05) is 7.11 Å². The molecule has 0 amide bonds. The fourth-order valence-corrected chi connectivity index (χ4v) is 2.92. The first-order valence-electron chi connectivity index (χ1n) is 8.26. The number of ether oxygens (including phenoxy) is 1. The number of hydrogen-bond acceptors (Lipinski definition) is 1. The van der Waals surface area contributed by atoms with Gasteiger partial charge in [0.2, 0.25) is 0 Å². The highest BCUT2D eigenvalue weighted by atomic mass is 16.5. The Labute approximate surface area is 137 Å². The molecule has 0 unspecified atom stereocenters. The summed E-state index contributed by atoms with van der Waals surface area (Å²) in [4.78, 5) is 0. The van der Waals surface area contributed by atoms with Crippen LogP contribution in [-0.4, -0.2) is 13.7 Å². The lowest BCUT2D eigenvalue weighted by molar-refractivity contribution is 0.233. The number of hydrogen-bond donors (Lipinski definition) is 0. The fraction of sp³-hybridized carbons (Fsp3) is 0.524. The van der Waals surface area contributed by atoms with Crippen LogP contribution >= 0.6 is 0 Å². The highest BCUT2D eigenvalue weighted by Crippen LogP contribution is 2.40. The Balaban J connectivity index is 2.73. The van der Waals surface area contributed by atoms with Crippen LogP contribution in [0.25, 0.3) is 0 Å². The summed E-state index contributed by atoms with van der Waals surface area (Å²) in [5.74, 6) is 0. The van der Waals surface area contributed by atoms with E-state index in [0.29, 0.717) is 12.0 Å². The molecule has 22 heavy (non-hydrogen) atoms. The van der Waals surface area contributed by atoms with E-state index in [9.17, 15) is 0 Å². The van der Waals surface area contributed by atoms with E-state index in [4.69, 9.17) is 4.74 Å². The quantitative estimate of drug-likeness (QED) is 0.533. The predicted molar refractivity (Wildman–Crippen MR) is 98.0 cm³/mol. The van der Waals surface area contributed by atoms with E-state index in [1.54, 1.807) is 12.7 Å². The van der Waals surface area contributed by atoms with Gasteiger partial charge in [0.25, 0.3) is 0 Å². The SMILES string of the molecule is COC/C=C(C)/C=C/C=C(C)/C=C/C1=C(C)CCCC1(C)C. The highest BCUT2D eigenvalue weighted by molar-refractivity contribution is 5.37. The Morgan fingerprint density at radius 1 is 1.18 bits per heavy atom. The molecule has 0 aliphatic heterocycles. The van der Waals surface area contributed by atoms with Crippen LogP contribution in [0.4, 0.5) is 0 Å². The lowest BCUT2D eigenvalue weighted by Gasteiger charge is -2.32. The van der Waals surface area contributed by atoms with Gasteiger partial charge in [0.15, 0.2) is 0 Å². The molecular formula is C21H32O. The Hall–Kier alpha value is -1.34. The molecule has 0 atom stereocenters. The minimum Gasteiger partial charge on any atom is -0.381 e. The predicted octanol–water partition coefficient (Wildman–Crippen LogP) is 6.16. The number of allylic oxidation sites excluding steroid dienone is 9. The van der Waals surface area contributed by atoms with E-state index >= 15 is 0 Å². The standard InChI is InChI=1S/C21H32O/c1-17(9-7-10-18(2)14-16-22-6)12-13-20-19(3)11-8-15-21(20,4)5/h7,9-10,12-14H,8,11,15-16H2,1-6H3/b10-7+,13-12+,17-9+,18-14+. The second kappa shape index (κ2) is 8.95. The minimum atomic E-state index is 0.314. The zero-order valence-corrected chi connectivity index (χ0v) is 15.2. The Bertz CT molecular complexity index is 510. The van der Waals surface area contributed by atoms with E-state index in [2.05, 4.69) is 71.1 Å². The second-order valence-corrected chi connectivity index (χ2v) is 6.94. The van der Waals surface area contributed by atoms with Crippen molar-refractivity contribution in [3.8, 4) is 0 Å². The molecule has 122 valence electrons. The molecular weight excluding hydrogens is 268 g/mol.